The number of carbonyl (C=O) groups excluding carboxylic acids is 3. The minimum absolute atomic E-state index is 0.0907. The van der Waals surface area contributed by atoms with E-state index >= 15 is 0 Å². The summed E-state index contributed by atoms with van der Waals surface area (Å²) in [6.45, 7) is 3.68. The third-order valence-electron chi connectivity index (χ3n) is 7.32. The lowest BCUT2D eigenvalue weighted by Crippen LogP contribution is -2.49. The molecule has 220 valence electrons. The van der Waals surface area contributed by atoms with Crippen molar-refractivity contribution in [3.8, 4) is 0 Å². The van der Waals surface area contributed by atoms with Crippen molar-refractivity contribution in [2.45, 2.75) is 6.42 Å². The van der Waals surface area contributed by atoms with Crippen molar-refractivity contribution in [3.63, 3.8) is 0 Å². The molecule has 0 spiro atoms. The van der Waals surface area contributed by atoms with Crippen LogP contribution in [0, 0.1) is 23.3 Å². The van der Waals surface area contributed by atoms with Gasteiger partial charge in [-0.1, -0.05) is 0 Å². The van der Waals surface area contributed by atoms with E-state index < -0.39 is 35.1 Å². The summed E-state index contributed by atoms with van der Waals surface area (Å²) in [6.07, 6.45) is 0.800. The summed E-state index contributed by atoms with van der Waals surface area (Å²) in [5.74, 6) is -5.34. The van der Waals surface area contributed by atoms with Gasteiger partial charge in [-0.05, 0) is 61.5 Å². The summed E-state index contributed by atoms with van der Waals surface area (Å²) in [6, 6.07) is 10.4. The molecule has 2 aliphatic rings. The van der Waals surface area contributed by atoms with Gasteiger partial charge in [-0.25, -0.2) is 17.6 Å². The van der Waals surface area contributed by atoms with E-state index in [9.17, 15) is 31.9 Å². The third kappa shape index (κ3) is 6.54. The highest BCUT2D eigenvalue weighted by molar-refractivity contribution is 6.07. The lowest BCUT2D eigenvalue weighted by Gasteiger charge is -2.37. The van der Waals surface area contributed by atoms with Gasteiger partial charge in [0.05, 0.1) is 11.4 Å². The quantitative estimate of drug-likeness (QED) is 0.446. The summed E-state index contributed by atoms with van der Waals surface area (Å²) in [7, 11) is 0. The van der Waals surface area contributed by atoms with Gasteiger partial charge < -0.3 is 25.3 Å². The minimum atomic E-state index is -1.17. The predicted molar refractivity (Wildman–Crippen MR) is 149 cm³/mol. The van der Waals surface area contributed by atoms with Crippen LogP contribution in [0.2, 0.25) is 0 Å². The molecule has 0 radical (unpaired) electrons. The molecule has 3 aromatic rings. The number of rotatable bonds is 5. The Bertz CT molecular complexity index is 1480. The van der Waals surface area contributed by atoms with Gasteiger partial charge in [-0.3, -0.25) is 14.4 Å². The Morgan fingerprint density at radius 2 is 1.31 bits per heavy atom. The monoisotopic (exact) mass is 583 g/mol. The normalized spacial score (nSPS) is 15.8. The SMILES string of the molecule is O=C(Nc1cc(C(=O)N2CCCNCC2)ccc1N1CCN(C(=O)c2cc(F)cc(F)c2)CC1)c1ccc(F)c(F)c1. The molecule has 0 unspecified atom stereocenters. The molecule has 3 aromatic carbocycles. The fourth-order valence-corrected chi connectivity index (χ4v) is 5.12. The summed E-state index contributed by atoms with van der Waals surface area (Å²) >= 11 is 0. The molecule has 8 nitrogen and oxygen atoms in total. The van der Waals surface area contributed by atoms with Crippen LogP contribution in [0.25, 0.3) is 0 Å². The second-order valence-corrected chi connectivity index (χ2v) is 10.1. The fraction of sp³-hybridized carbons (Fsp3) is 0.300. The van der Waals surface area contributed by atoms with Crippen LogP contribution < -0.4 is 15.5 Å². The largest absolute Gasteiger partial charge is 0.366 e. The van der Waals surface area contributed by atoms with Crippen molar-refractivity contribution in [1.82, 2.24) is 15.1 Å². The summed E-state index contributed by atoms with van der Waals surface area (Å²) < 4.78 is 54.6. The van der Waals surface area contributed by atoms with Crippen LogP contribution in [-0.4, -0.2) is 79.9 Å². The van der Waals surface area contributed by atoms with Gasteiger partial charge in [0, 0.05) is 68.6 Å². The van der Waals surface area contributed by atoms with Gasteiger partial charge in [0.2, 0.25) is 0 Å². The number of nitrogens with zero attached hydrogens (tertiary/aromatic N) is 3. The van der Waals surface area contributed by atoms with Crippen LogP contribution in [0.15, 0.2) is 54.6 Å². The van der Waals surface area contributed by atoms with Gasteiger partial charge in [-0.2, -0.15) is 0 Å². The van der Waals surface area contributed by atoms with Crippen LogP contribution in [0.3, 0.4) is 0 Å². The van der Waals surface area contributed by atoms with E-state index in [1.807, 2.05) is 4.90 Å². The lowest BCUT2D eigenvalue weighted by atomic mass is 10.1. The average Bonchev–Trinajstić information content (AvgIpc) is 3.27. The van der Waals surface area contributed by atoms with Gasteiger partial charge in [-0.15, -0.1) is 0 Å². The standard InChI is InChI=1S/C30H29F4N5O3/c31-22-14-21(15-23(32)18-22)30(42)39-12-10-37(11-13-39)27-5-3-20(29(41)38-8-1-6-35-7-9-38)17-26(27)36-28(40)19-2-4-24(33)25(34)16-19/h2-5,14-18,35H,1,6-13H2,(H,36,40). The highest BCUT2D eigenvalue weighted by Crippen LogP contribution is 2.30. The first-order valence-corrected chi connectivity index (χ1v) is 13.6. The lowest BCUT2D eigenvalue weighted by molar-refractivity contribution is 0.0743. The van der Waals surface area contributed by atoms with E-state index in [0.29, 0.717) is 50.0 Å². The molecule has 2 heterocycles. The summed E-state index contributed by atoms with van der Waals surface area (Å²) in [5, 5.41) is 5.98. The number of nitrogens with one attached hydrogen (secondary N) is 2. The Labute approximate surface area is 239 Å². The zero-order chi connectivity index (χ0) is 29.8. The van der Waals surface area contributed by atoms with Crippen molar-refractivity contribution in [2.24, 2.45) is 0 Å². The van der Waals surface area contributed by atoms with Crippen LogP contribution in [0.4, 0.5) is 28.9 Å². The Hall–Kier alpha value is -4.45. The molecule has 12 heteroatoms. The number of piperazine rings is 1. The maximum absolute atomic E-state index is 13.8. The number of hydrogen-bond acceptors (Lipinski definition) is 5. The molecule has 2 fully saturated rings. The first-order valence-electron chi connectivity index (χ1n) is 13.6. The van der Waals surface area contributed by atoms with Crippen LogP contribution in [0.5, 0.6) is 0 Å². The summed E-state index contributed by atoms with van der Waals surface area (Å²) in [5.41, 5.74) is 1.00. The molecular weight excluding hydrogens is 554 g/mol. The number of carbonyl (C=O) groups is 3. The average molecular weight is 584 g/mol. The third-order valence-corrected chi connectivity index (χ3v) is 7.32. The number of halogens is 4. The predicted octanol–water partition coefficient (Wildman–Crippen LogP) is 3.89. The van der Waals surface area contributed by atoms with E-state index in [-0.39, 0.29) is 35.8 Å². The molecular formula is C30H29F4N5O3. The Morgan fingerprint density at radius 1 is 0.643 bits per heavy atom. The number of amides is 3. The maximum Gasteiger partial charge on any atom is 0.255 e. The van der Waals surface area contributed by atoms with Crippen molar-refractivity contribution < 1.29 is 31.9 Å². The highest BCUT2D eigenvalue weighted by atomic mass is 19.2. The first-order chi connectivity index (χ1) is 20.2. The fourth-order valence-electron chi connectivity index (χ4n) is 5.12. The molecule has 0 bridgehead atoms. The minimum Gasteiger partial charge on any atom is -0.366 e. The molecule has 0 saturated carbocycles. The second kappa shape index (κ2) is 12.6. The van der Waals surface area contributed by atoms with Crippen LogP contribution in [-0.2, 0) is 0 Å². The Balaban J connectivity index is 1.38. The molecule has 2 aliphatic heterocycles. The topological polar surface area (TPSA) is 85.0 Å². The number of benzene rings is 3. The number of hydrogen-bond donors (Lipinski definition) is 2. The highest BCUT2D eigenvalue weighted by Gasteiger charge is 2.26. The second-order valence-electron chi connectivity index (χ2n) is 10.1. The number of anilines is 2. The van der Waals surface area contributed by atoms with E-state index in [0.717, 1.165) is 43.3 Å². The van der Waals surface area contributed by atoms with Gasteiger partial charge in [0.1, 0.15) is 11.6 Å². The Morgan fingerprint density at radius 3 is 2.02 bits per heavy atom. The maximum atomic E-state index is 13.8. The van der Waals surface area contributed by atoms with Crippen molar-refractivity contribution >= 4 is 29.1 Å². The van der Waals surface area contributed by atoms with Gasteiger partial charge >= 0.3 is 0 Å². The van der Waals surface area contributed by atoms with Crippen molar-refractivity contribution in [2.75, 3.05) is 62.6 Å². The zero-order valence-electron chi connectivity index (χ0n) is 22.6. The molecule has 0 atom stereocenters. The smallest absolute Gasteiger partial charge is 0.255 e. The van der Waals surface area contributed by atoms with E-state index in [1.54, 1.807) is 23.1 Å². The molecule has 3 amide bonds. The Kier molecular flexibility index (Phi) is 8.72. The molecule has 2 N–H and O–H groups in total. The molecule has 2 saturated heterocycles. The van der Waals surface area contributed by atoms with Crippen molar-refractivity contribution in [3.05, 3.63) is 94.6 Å². The van der Waals surface area contributed by atoms with Gasteiger partial charge in [0.25, 0.3) is 17.7 Å². The van der Waals surface area contributed by atoms with E-state index in [2.05, 4.69) is 10.6 Å². The van der Waals surface area contributed by atoms with E-state index in [1.165, 1.54) is 4.90 Å². The van der Waals surface area contributed by atoms with Crippen molar-refractivity contribution in [1.29, 1.82) is 0 Å². The van der Waals surface area contributed by atoms with E-state index in [4.69, 9.17) is 0 Å². The first kappa shape index (κ1) is 29.1. The van der Waals surface area contributed by atoms with Crippen LogP contribution in [0.1, 0.15) is 37.5 Å². The molecule has 5 rings (SSSR count). The molecule has 42 heavy (non-hydrogen) atoms. The molecule has 0 aromatic heterocycles. The van der Waals surface area contributed by atoms with Gasteiger partial charge in [0.15, 0.2) is 11.6 Å². The molecule has 0 aliphatic carbocycles. The van der Waals surface area contributed by atoms with Crippen LogP contribution >= 0.6 is 0 Å². The summed E-state index contributed by atoms with van der Waals surface area (Å²) in [4.78, 5) is 44.4. The zero-order valence-corrected chi connectivity index (χ0v) is 22.6.